The molecule has 0 spiro atoms. The van der Waals surface area contributed by atoms with Gasteiger partial charge in [-0.1, -0.05) is 104 Å². The Morgan fingerprint density at radius 3 is 1.42 bits per heavy atom. The first-order valence-electron chi connectivity index (χ1n) is 12.5. The molecule has 0 amide bonds. The molecule has 0 radical (unpaired) electrons. The molecule has 0 bridgehead atoms. The molecule has 6 heteroatoms. The number of hydrogen-bond acceptors (Lipinski definition) is 6. The number of rotatable bonds is 22. The summed E-state index contributed by atoms with van der Waals surface area (Å²) in [5, 5.41) is 0. The molecule has 0 saturated heterocycles. The van der Waals surface area contributed by atoms with Gasteiger partial charge in [-0.25, -0.2) is 4.79 Å². The molecule has 0 aliphatic carbocycles. The first-order valence-corrected chi connectivity index (χ1v) is 12.5. The normalized spacial score (nSPS) is 12.2. The molecular weight excluding hydrogens is 396 g/mol. The minimum Gasteiger partial charge on any atom is -0.462 e. The van der Waals surface area contributed by atoms with Crippen molar-refractivity contribution in [1.82, 2.24) is 0 Å². The molecule has 0 aliphatic heterocycles. The van der Waals surface area contributed by atoms with Crippen LogP contribution in [0.2, 0.25) is 0 Å². The van der Waals surface area contributed by atoms with E-state index in [4.69, 9.17) is 18.9 Å². The van der Waals surface area contributed by atoms with E-state index in [1.54, 1.807) is 0 Å². The van der Waals surface area contributed by atoms with E-state index in [2.05, 4.69) is 6.92 Å². The summed E-state index contributed by atoms with van der Waals surface area (Å²) in [5.74, 6) is -0.990. The second-order valence-electron chi connectivity index (χ2n) is 8.42. The van der Waals surface area contributed by atoms with E-state index in [0.29, 0.717) is 0 Å². The van der Waals surface area contributed by atoms with Crippen molar-refractivity contribution >= 4 is 11.9 Å². The van der Waals surface area contributed by atoms with Crippen LogP contribution in [0.4, 0.5) is 0 Å². The maximum atomic E-state index is 12.0. The zero-order valence-corrected chi connectivity index (χ0v) is 20.6. The molecule has 0 fully saturated rings. The van der Waals surface area contributed by atoms with E-state index in [1.807, 2.05) is 6.92 Å². The monoisotopic (exact) mass is 444 g/mol. The van der Waals surface area contributed by atoms with Gasteiger partial charge in [-0.2, -0.15) is 0 Å². The smallest absolute Gasteiger partial charge is 0.363 e. The Morgan fingerprint density at radius 2 is 1.00 bits per heavy atom. The summed E-state index contributed by atoms with van der Waals surface area (Å²) >= 11 is 0. The molecule has 0 rings (SSSR count). The molecule has 0 aliphatic rings. The quantitative estimate of drug-likeness (QED) is 0.112. The Bertz CT molecular complexity index is 422. The van der Waals surface area contributed by atoms with Crippen LogP contribution in [-0.2, 0) is 28.5 Å². The van der Waals surface area contributed by atoms with Crippen molar-refractivity contribution in [2.24, 2.45) is 5.92 Å². The molecule has 0 aromatic rings. The molecule has 0 N–H and O–H groups in total. The fourth-order valence-corrected chi connectivity index (χ4v) is 3.55. The van der Waals surface area contributed by atoms with Crippen LogP contribution in [-0.4, -0.2) is 45.7 Å². The third-order valence-electron chi connectivity index (χ3n) is 5.59. The molecule has 0 saturated carbocycles. The minimum absolute atomic E-state index is 0.000625. The van der Waals surface area contributed by atoms with E-state index in [0.717, 1.165) is 12.8 Å². The lowest BCUT2D eigenvalue weighted by Crippen LogP contribution is -2.28. The lowest BCUT2D eigenvalue weighted by molar-refractivity contribution is -0.185. The third-order valence-corrected chi connectivity index (χ3v) is 5.59. The zero-order chi connectivity index (χ0) is 23.2. The summed E-state index contributed by atoms with van der Waals surface area (Å²) in [6.45, 7) is 4.21. The Hall–Kier alpha value is -1.14. The lowest BCUT2D eigenvalue weighted by atomic mass is 10.0. The minimum atomic E-state index is -1.05. The number of carbonyl (C=O) groups is 2. The van der Waals surface area contributed by atoms with Gasteiger partial charge < -0.3 is 18.9 Å². The average Bonchev–Trinajstić information content (AvgIpc) is 2.77. The Labute approximate surface area is 190 Å². The van der Waals surface area contributed by atoms with Crippen LogP contribution in [0.1, 0.15) is 110 Å². The fraction of sp³-hybridized carbons (Fsp3) is 0.920. The molecule has 6 nitrogen and oxygen atoms in total. The highest BCUT2D eigenvalue weighted by molar-refractivity contribution is 5.73. The third kappa shape index (κ3) is 18.2. The predicted octanol–water partition coefficient (Wildman–Crippen LogP) is 6.20. The van der Waals surface area contributed by atoms with Crippen molar-refractivity contribution in [2.75, 3.05) is 27.4 Å². The largest absolute Gasteiger partial charge is 0.462 e. The van der Waals surface area contributed by atoms with Gasteiger partial charge in [-0.15, -0.1) is 0 Å². The SMILES string of the molecule is CCCCCCCCCCCCCCCCC(C)C(=O)OCCOC(=O)C(OC)OC. The number of esters is 2. The Balaban J connectivity index is 3.46. The first-order chi connectivity index (χ1) is 15.1. The summed E-state index contributed by atoms with van der Waals surface area (Å²) < 4.78 is 19.7. The second kappa shape index (κ2) is 22.1. The number of carbonyl (C=O) groups excluding carboxylic acids is 2. The Kier molecular flexibility index (Phi) is 21.3. The summed E-state index contributed by atoms with van der Waals surface area (Å²) in [6, 6.07) is 0. The lowest BCUT2D eigenvalue weighted by Gasteiger charge is -2.14. The van der Waals surface area contributed by atoms with Gasteiger partial charge in [0.1, 0.15) is 13.2 Å². The highest BCUT2D eigenvalue weighted by Gasteiger charge is 2.19. The van der Waals surface area contributed by atoms with Crippen LogP contribution in [0.3, 0.4) is 0 Å². The molecule has 0 heterocycles. The molecule has 0 aromatic heterocycles. The van der Waals surface area contributed by atoms with Gasteiger partial charge >= 0.3 is 11.9 Å². The summed E-state index contributed by atoms with van der Waals surface area (Å²) in [6.07, 6.45) is 18.4. The van der Waals surface area contributed by atoms with Crippen molar-refractivity contribution in [1.29, 1.82) is 0 Å². The van der Waals surface area contributed by atoms with Crippen molar-refractivity contribution in [3.63, 3.8) is 0 Å². The van der Waals surface area contributed by atoms with Gasteiger partial charge in [0, 0.05) is 14.2 Å². The molecule has 31 heavy (non-hydrogen) atoms. The van der Waals surface area contributed by atoms with Crippen LogP contribution < -0.4 is 0 Å². The highest BCUT2D eigenvalue weighted by Crippen LogP contribution is 2.15. The molecule has 1 unspecified atom stereocenters. The molecule has 1 atom stereocenters. The second-order valence-corrected chi connectivity index (χ2v) is 8.42. The van der Waals surface area contributed by atoms with E-state index in [9.17, 15) is 9.59 Å². The van der Waals surface area contributed by atoms with Crippen molar-refractivity contribution in [3.05, 3.63) is 0 Å². The molecule has 0 aromatic carbocycles. The van der Waals surface area contributed by atoms with Crippen LogP contribution >= 0.6 is 0 Å². The number of methoxy groups -OCH3 is 2. The van der Waals surface area contributed by atoms with Gasteiger partial charge in [0.15, 0.2) is 0 Å². The van der Waals surface area contributed by atoms with Gasteiger partial charge in [-0.3, -0.25) is 4.79 Å². The van der Waals surface area contributed by atoms with Crippen LogP contribution in [0.5, 0.6) is 0 Å². The zero-order valence-electron chi connectivity index (χ0n) is 20.6. The predicted molar refractivity (Wildman–Crippen MR) is 124 cm³/mol. The Morgan fingerprint density at radius 1 is 0.613 bits per heavy atom. The van der Waals surface area contributed by atoms with Crippen LogP contribution in [0.15, 0.2) is 0 Å². The van der Waals surface area contributed by atoms with Gasteiger partial charge in [0.25, 0.3) is 6.29 Å². The summed E-state index contributed by atoms with van der Waals surface area (Å²) in [7, 11) is 2.71. The van der Waals surface area contributed by atoms with Gasteiger partial charge in [0.2, 0.25) is 0 Å². The molecule has 184 valence electrons. The van der Waals surface area contributed by atoms with Gasteiger partial charge in [-0.05, 0) is 6.42 Å². The first kappa shape index (κ1) is 29.9. The number of ether oxygens (including phenoxy) is 4. The molecular formula is C25H48O6. The fourth-order valence-electron chi connectivity index (χ4n) is 3.55. The van der Waals surface area contributed by atoms with E-state index in [1.165, 1.54) is 97.7 Å². The van der Waals surface area contributed by atoms with Crippen molar-refractivity contribution in [3.8, 4) is 0 Å². The van der Waals surface area contributed by atoms with E-state index < -0.39 is 12.3 Å². The highest BCUT2D eigenvalue weighted by atomic mass is 16.7. The average molecular weight is 445 g/mol. The maximum Gasteiger partial charge on any atom is 0.363 e. The van der Waals surface area contributed by atoms with Crippen LogP contribution in [0, 0.1) is 5.92 Å². The summed E-state index contributed by atoms with van der Waals surface area (Å²) in [4.78, 5) is 23.5. The van der Waals surface area contributed by atoms with E-state index >= 15 is 0 Å². The van der Waals surface area contributed by atoms with Crippen molar-refractivity contribution in [2.45, 2.75) is 116 Å². The standard InChI is InChI=1S/C25H48O6/c1-5-6-7-8-9-10-11-12-13-14-15-16-17-18-19-22(2)23(26)30-20-21-31-24(27)25(28-3)29-4/h22,25H,5-21H2,1-4H3. The van der Waals surface area contributed by atoms with Crippen molar-refractivity contribution < 1.29 is 28.5 Å². The number of hydrogen-bond donors (Lipinski definition) is 0. The summed E-state index contributed by atoms with van der Waals surface area (Å²) in [5.41, 5.74) is 0. The van der Waals surface area contributed by atoms with Gasteiger partial charge in [0.05, 0.1) is 5.92 Å². The maximum absolute atomic E-state index is 12.0. The topological polar surface area (TPSA) is 71.1 Å². The van der Waals surface area contributed by atoms with Crippen LogP contribution in [0.25, 0.3) is 0 Å². The number of unbranched alkanes of at least 4 members (excludes halogenated alkanes) is 13. The van der Waals surface area contributed by atoms with E-state index in [-0.39, 0.29) is 25.1 Å².